The lowest BCUT2D eigenvalue weighted by Gasteiger charge is -2.23. The van der Waals surface area contributed by atoms with Gasteiger partial charge in [0, 0.05) is 31.9 Å². The van der Waals surface area contributed by atoms with Crippen LogP contribution in [-0.4, -0.2) is 57.5 Å². The quantitative estimate of drug-likeness (QED) is 0.758. The number of carbonyl (C=O) groups is 1. The molecule has 0 radical (unpaired) electrons. The van der Waals surface area contributed by atoms with E-state index in [9.17, 15) is 13.2 Å². The first-order valence-corrected chi connectivity index (χ1v) is 10.1. The van der Waals surface area contributed by atoms with Gasteiger partial charge in [0.1, 0.15) is 9.84 Å². The zero-order valence-corrected chi connectivity index (χ0v) is 14.6. The summed E-state index contributed by atoms with van der Waals surface area (Å²) in [6.07, 6.45) is 2.09. The molecule has 1 fully saturated rings. The van der Waals surface area contributed by atoms with Crippen LogP contribution in [0, 0.1) is 5.92 Å². The van der Waals surface area contributed by atoms with Crippen molar-refractivity contribution in [3.63, 3.8) is 0 Å². The van der Waals surface area contributed by atoms with Crippen molar-refractivity contribution in [1.82, 2.24) is 4.90 Å². The van der Waals surface area contributed by atoms with Gasteiger partial charge in [-0.05, 0) is 18.9 Å². The first kappa shape index (κ1) is 17.9. The Hall–Kier alpha value is -1.40. The highest BCUT2D eigenvalue weighted by Crippen LogP contribution is 2.25. The molecule has 0 unspecified atom stereocenters. The molecule has 1 aromatic carbocycles. The largest absolute Gasteiger partial charge is 0.381 e. The molecule has 0 aromatic heterocycles. The van der Waals surface area contributed by atoms with Crippen molar-refractivity contribution < 1.29 is 17.9 Å². The Morgan fingerprint density at radius 1 is 1.35 bits per heavy atom. The van der Waals surface area contributed by atoms with Gasteiger partial charge >= 0.3 is 0 Å². The highest BCUT2D eigenvalue weighted by atomic mass is 32.2. The lowest BCUT2D eigenvalue weighted by atomic mass is 9.99. The third-order valence-corrected chi connectivity index (χ3v) is 5.06. The van der Waals surface area contributed by atoms with E-state index in [1.165, 1.54) is 6.26 Å². The van der Waals surface area contributed by atoms with E-state index in [0.717, 1.165) is 12.0 Å². The topological polar surface area (TPSA) is 63.7 Å². The van der Waals surface area contributed by atoms with Crippen molar-refractivity contribution in [2.45, 2.75) is 19.3 Å². The van der Waals surface area contributed by atoms with Crippen LogP contribution in [0.25, 0.3) is 0 Å². The first-order valence-electron chi connectivity index (χ1n) is 8.00. The van der Waals surface area contributed by atoms with Gasteiger partial charge in [0.2, 0.25) is 5.91 Å². The van der Waals surface area contributed by atoms with Gasteiger partial charge in [-0.3, -0.25) is 4.79 Å². The molecule has 5 nitrogen and oxygen atoms in total. The van der Waals surface area contributed by atoms with E-state index in [1.54, 1.807) is 4.90 Å². The van der Waals surface area contributed by atoms with E-state index in [-0.39, 0.29) is 11.7 Å². The number of amides is 1. The van der Waals surface area contributed by atoms with Gasteiger partial charge in [-0.15, -0.1) is 0 Å². The fourth-order valence-electron chi connectivity index (χ4n) is 2.97. The summed E-state index contributed by atoms with van der Waals surface area (Å²) in [5.41, 5.74) is 0.760. The van der Waals surface area contributed by atoms with Gasteiger partial charge in [-0.25, -0.2) is 8.42 Å². The monoisotopic (exact) mass is 339 g/mol. The van der Waals surface area contributed by atoms with Crippen LogP contribution in [0.3, 0.4) is 0 Å². The summed E-state index contributed by atoms with van der Waals surface area (Å²) in [7, 11) is -3.25. The highest BCUT2D eigenvalue weighted by Gasteiger charge is 2.33. The molecule has 0 bridgehead atoms. The van der Waals surface area contributed by atoms with E-state index in [2.05, 4.69) is 0 Å². The summed E-state index contributed by atoms with van der Waals surface area (Å²) in [5.74, 6) is -0.533. The smallest absolute Gasteiger partial charge is 0.231 e. The number of likely N-dealkylation sites (tertiary alicyclic amines) is 1. The molecule has 1 saturated heterocycles. The first-order chi connectivity index (χ1) is 10.9. The highest BCUT2D eigenvalue weighted by molar-refractivity contribution is 7.90. The Bertz CT molecular complexity index is 615. The molecule has 128 valence electrons. The molecule has 23 heavy (non-hydrogen) atoms. The summed E-state index contributed by atoms with van der Waals surface area (Å²) >= 11 is 0. The number of ether oxygens (including phenoxy) is 1. The summed E-state index contributed by atoms with van der Waals surface area (Å²) in [4.78, 5) is 14.6. The van der Waals surface area contributed by atoms with E-state index >= 15 is 0 Å². The minimum absolute atomic E-state index is 0.0966. The van der Waals surface area contributed by atoms with E-state index < -0.39 is 15.8 Å². The molecule has 6 heteroatoms. The van der Waals surface area contributed by atoms with Crippen molar-refractivity contribution in [1.29, 1.82) is 0 Å². The molecular formula is C17H25NO4S. The standard InChI is InChI=1S/C17H25NO4S/c1-3-22-12-14-9-10-18(11-14)17(19)16(13-23(2,20)21)15-7-5-4-6-8-15/h4-8,14,16H,3,9-13H2,1-2H3/t14-,16-/m1/s1. The Balaban J connectivity index is 2.11. The minimum Gasteiger partial charge on any atom is -0.381 e. The van der Waals surface area contributed by atoms with E-state index in [0.29, 0.717) is 32.2 Å². The second-order valence-electron chi connectivity index (χ2n) is 6.15. The zero-order chi connectivity index (χ0) is 16.9. The molecular weight excluding hydrogens is 314 g/mol. The van der Waals surface area contributed by atoms with Crippen LogP contribution in [0.2, 0.25) is 0 Å². The van der Waals surface area contributed by atoms with Crippen LogP contribution in [0.5, 0.6) is 0 Å². The molecule has 1 aliphatic rings. The van der Waals surface area contributed by atoms with Gasteiger partial charge in [0.15, 0.2) is 0 Å². The normalized spacial score (nSPS) is 19.7. The fraction of sp³-hybridized carbons (Fsp3) is 0.588. The molecule has 2 rings (SSSR count). The molecule has 2 atom stereocenters. The number of carbonyl (C=O) groups excluding carboxylic acids is 1. The van der Waals surface area contributed by atoms with Crippen LogP contribution >= 0.6 is 0 Å². The third kappa shape index (κ3) is 5.32. The van der Waals surface area contributed by atoms with Crippen molar-refractivity contribution in [2.75, 3.05) is 38.3 Å². The zero-order valence-electron chi connectivity index (χ0n) is 13.8. The van der Waals surface area contributed by atoms with Gasteiger partial charge in [0.25, 0.3) is 0 Å². The molecule has 0 N–H and O–H groups in total. The lowest BCUT2D eigenvalue weighted by Crippen LogP contribution is -2.36. The van der Waals surface area contributed by atoms with Gasteiger partial charge in [0.05, 0.1) is 18.3 Å². The van der Waals surface area contributed by atoms with Crippen molar-refractivity contribution >= 4 is 15.7 Å². The van der Waals surface area contributed by atoms with E-state index in [4.69, 9.17) is 4.74 Å². The SMILES string of the molecule is CCOC[C@@H]1CCN(C(=O)[C@H](CS(C)(=O)=O)c2ccccc2)C1. The molecule has 0 aliphatic carbocycles. The Kier molecular flexibility index (Phi) is 6.18. The number of sulfone groups is 1. The Morgan fingerprint density at radius 3 is 2.65 bits per heavy atom. The van der Waals surface area contributed by atoms with Gasteiger partial charge in [-0.1, -0.05) is 30.3 Å². The number of hydrogen-bond donors (Lipinski definition) is 0. The average molecular weight is 339 g/mol. The molecule has 1 aliphatic heterocycles. The number of hydrogen-bond acceptors (Lipinski definition) is 4. The predicted molar refractivity (Wildman–Crippen MR) is 90.1 cm³/mol. The summed E-state index contributed by atoms with van der Waals surface area (Å²) in [6, 6.07) is 9.17. The molecule has 0 saturated carbocycles. The molecule has 1 aromatic rings. The number of nitrogens with zero attached hydrogens (tertiary/aromatic N) is 1. The lowest BCUT2D eigenvalue weighted by molar-refractivity contribution is -0.131. The van der Waals surface area contributed by atoms with Crippen LogP contribution in [-0.2, 0) is 19.4 Å². The molecule has 0 spiro atoms. The Morgan fingerprint density at radius 2 is 2.04 bits per heavy atom. The summed E-state index contributed by atoms with van der Waals surface area (Å²) in [5, 5.41) is 0. The van der Waals surface area contributed by atoms with Gasteiger partial charge in [-0.2, -0.15) is 0 Å². The van der Waals surface area contributed by atoms with Crippen LogP contribution in [0.1, 0.15) is 24.8 Å². The molecule has 1 heterocycles. The second-order valence-corrected chi connectivity index (χ2v) is 8.34. The second kappa shape index (κ2) is 7.93. The maximum atomic E-state index is 12.9. The van der Waals surface area contributed by atoms with Crippen molar-refractivity contribution in [3.05, 3.63) is 35.9 Å². The summed E-state index contributed by atoms with van der Waals surface area (Å²) < 4.78 is 28.9. The third-order valence-electron chi connectivity index (χ3n) is 4.12. The van der Waals surface area contributed by atoms with Crippen molar-refractivity contribution in [2.24, 2.45) is 5.92 Å². The Labute approximate surface area is 138 Å². The number of rotatable bonds is 7. The number of benzene rings is 1. The van der Waals surface area contributed by atoms with Crippen LogP contribution in [0.15, 0.2) is 30.3 Å². The van der Waals surface area contributed by atoms with Crippen LogP contribution in [0.4, 0.5) is 0 Å². The maximum Gasteiger partial charge on any atom is 0.231 e. The van der Waals surface area contributed by atoms with E-state index in [1.807, 2.05) is 37.3 Å². The van der Waals surface area contributed by atoms with Crippen molar-refractivity contribution in [3.8, 4) is 0 Å². The fourth-order valence-corrected chi connectivity index (χ4v) is 3.91. The predicted octanol–water partition coefficient (Wildman–Crippen LogP) is 1.70. The maximum absolute atomic E-state index is 12.9. The van der Waals surface area contributed by atoms with Crippen LogP contribution < -0.4 is 0 Å². The van der Waals surface area contributed by atoms with Gasteiger partial charge < -0.3 is 9.64 Å². The molecule has 1 amide bonds. The minimum atomic E-state index is -3.25. The average Bonchev–Trinajstić information content (AvgIpc) is 2.99. The summed E-state index contributed by atoms with van der Waals surface area (Å²) in [6.45, 7) is 4.60.